The highest BCUT2D eigenvalue weighted by Gasteiger charge is 2.24. The molecule has 1 aliphatic heterocycles. The van der Waals surface area contributed by atoms with Crippen molar-refractivity contribution >= 4 is 23.3 Å². The second kappa shape index (κ2) is 3.96. The van der Waals surface area contributed by atoms with Crippen LogP contribution in [0.1, 0.15) is 11.1 Å². The van der Waals surface area contributed by atoms with Crippen LogP contribution < -0.4 is 5.32 Å². The van der Waals surface area contributed by atoms with Crippen LogP contribution in [0.25, 0.3) is 11.1 Å². The molecule has 0 saturated carbocycles. The number of hydrogen-bond donors (Lipinski definition) is 3. The van der Waals surface area contributed by atoms with Gasteiger partial charge in [-0.25, -0.2) is 0 Å². The van der Waals surface area contributed by atoms with Crippen molar-refractivity contribution < 1.29 is 0 Å². The molecule has 2 aromatic rings. The van der Waals surface area contributed by atoms with E-state index in [4.69, 9.17) is 22.4 Å². The molecule has 0 fully saturated rings. The third-order valence-electron chi connectivity index (χ3n) is 2.99. The second-order valence-electron chi connectivity index (χ2n) is 4.11. The fourth-order valence-electron chi connectivity index (χ4n) is 2.15. The molecule has 3 nitrogen and oxygen atoms in total. The van der Waals surface area contributed by atoms with Crippen molar-refractivity contribution in [3.63, 3.8) is 0 Å². The number of rotatable bonds is 1. The highest BCUT2D eigenvalue weighted by atomic mass is 35.5. The number of amidine groups is 2. The molecule has 2 aromatic carbocycles. The van der Waals surface area contributed by atoms with Gasteiger partial charge in [-0.1, -0.05) is 41.9 Å². The number of halogens is 1. The zero-order chi connectivity index (χ0) is 12.7. The zero-order valence-corrected chi connectivity index (χ0v) is 10.2. The second-order valence-corrected chi connectivity index (χ2v) is 4.55. The van der Waals surface area contributed by atoms with Gasteiger partial charge in [-0.15, -0.1) is 0 Å². The van der Waals surface area contributed by atoms with E-state index < -0.39 is 0 Å². The van der Waals surface area contributed by atoms with Gasteiger partial charge in [0.15, 0.2) is 0 Å². The fourth-order valence-corrected chi connectivity index (χ4v) is 2.28. The number of fused-ring (bicyclic) bond motifs is 1. The van der Waals surface area contributed by atoms with Crippen LogP contribution >= 0.6 is 11.6 Å². The first-order valence-electron chi connectivity index (χ1n) is 5.50. The lowest BCUT2D eigenvalue weighted by atomic mass is 9.96. The summed E-state index contributed by atoms with van der Waals surface area (Å²) >= 11 is 5.88. The van der Waals surface area contributed by atoms with E-state index in [1.165, 1.54) is 0 Å². The molecule has 1 aliphatic rings. The van der Waals surface area contributed by atoms with Crippen LogP contribution in [-0.4, -0.2) is 11.7 Å². The predicted molar refractivity (Wildman–Crippen MR) is 73.7 cm³/mol. The Morgan fingerprint density at radius 1 is 0.833 bits per heavy atom. The van der Waals surface area contributed by atoms with Crippen molar-refractivity contribution in [2.75, 3.05) is 0 Å². The van der Waals surface area contributed by atoms with Crippen molar-refractivity contribution in [2.24, 2.45) is 0 Å². The highest BCUT2D eigenvalue weighted by molar-refractivity contribution is 6.30. The van der Waals surface area contributed by atoms with Crippen LogP contribution in [0.2, 0.25) is 5.02 Å². The number of benzene rings is 2. The minimum absolute atomic E-state index is 0.278. The van der Waals surface area contributed by atoms with E-state index in [2.05, 4.69) is 5.32 Å². The van der Waals surface area contributed by atoms with Gasteiger partial charge in [0, 0.05) is 16.1 Å². The molecule has 18 heavy (non-hydrogen) atoms. The first kappa shape index (κ1) is 11.0. The molecule has 0 aromatic heterocycles. The van der Waals surface area contributed by atoms with Crippen LogP contribution in [-0.2, 0) is 0 Å². The Kier molecular flexibility index (Phi) is 2.42. The van der Waals surface area contributed by atoms with Crippen LogP contribution in [0.4, 0.5) is 0 Å². The minimum atomic E-state index is 0.278. The lowest BCUT2D eigenvalue weighted by Crippen LogP contribution is -2.20. The molecule has 3 rings (SSSR count). The Morgan fingerprint density at radius 2 is 1.50 bits per heavy atom. The summed E-state index contributed by atoms with van der Waals surface area (Å²) in [5, 5.41) is 19.1. The van der Waals surface area contributed by atoms with Crippen molar-refractivity contribution in [3.8, 4) is 11.1 Å². The van der Waals surface area contributed by atoms with E-state index in [1.54, 1.807) is 0 Å². The molecule has 0 radical (unpaired) electrons. The van der Waals surface area contributed by atoms with Crippen molar-refractivity contribution in [1.29, 1.82) is 10.8 Å². The zero-order valence-electron chi connectivity index (χ0n) is 9.42. The standard InChI is InChI=1S/C14H10ClN3/c15-9-6-4-8(5-7-9)10-2-1-3-11-12(10)14(17)18-13(11)16/h1-7H,(H3,16,17,18). The van der Waals surface area contributed by atoms with Gasteiger partial charge in [-0.2, -0.15) is 0 Å². The molecular formula is C14H10ClN3. The first-order chi connectivity index (χ1) is 8.66. The van der Waals surface area contributed by atoms with E-state index in [9.17, 15) is 0 Å². The summed E-state index contributed by atoms with van der Waals surface area (Å²) < 4.78 is 0. The molecule has 88 valence electrons. The van der Waals surface area contributed by atoms with Gasteiger partial charge in [0.2, 0.25) is 0 Å². The maximum Gasteiger partial charge on any atom is 0.132 e. The monoisotopic (exact) mass is 255 g/mol. The van der Waals surface area contributed by atoms with Crippen LogP contribution in [0.5, 0.6) is 0 Å². The third-order valence-corrected chi connectivity index (χ3v) is 3.24. The molecule has 0 unspecified atom stereocenters. The molecular weight excluding hydrogens is 246 g/mol. The van der Waals surface area contributed by atoms with E-state index in [-0.39, 0.29) is 11.7 Å². The number of nitrogens with one attached hydrogen (secondary N) is 3. The van der Waals surface area contributed by atoms with Gasteiger partial charge in [0.1, 0.15) is 11.7 Å². The average molecular weight is 256 g/mol. The summed E-state index contributed by atoms with van der Waals surface area (Å²) in [7, 11) is 0. The van der Waals surface area contributed by atoms with Crippen molar-refractivity contribution in [3.05, 3.63) is 58.6 Å². The van der Waals surface area contributed by atoms with E-state index in [0.29, 0.717) is 5.02 Å². The largest absolute Gasteiger partial charge is 0.325 e. The summed E-state index contributed by atoms with van der Waals surface area (Å²) in [5.41, 5.74) is 3.50. The van der Waals surface area contributed by atoms with E-state index in [0.717, 1.165) is 22.3 Å². The molecule has 0 bridgehead atoms. The molecule has 1 heterocycles. The van der Waals surface area contributed by atoms with Gasteiger partial charge in [-0.05, 0) is 23.3 Å². The Morgan fingerprint density at radius 3 is 2.22 bits per heavy atom. The normalized spacial score (nSPS) is 13.4. The molecule has 0 saturated heterocycles. The first-order valence-corrected chi connectivity index (χ1v) is 5.88. The Balaban J connectivity index is 2.23. The van der Waals surface area contributed by atoms with Gasteiger partial charge >= 0.3 is 0 Å². The molecule has 0 aliphatic carbocycles. The van der Waals surface area contributed by atoms with Crippen LogP contribution in [0.15, 0.2) is 42.5 Å². The van der Waals surface area contributed by atoms with Crippen LogP contribution in [0, 0.1) is 10.8 Å². The van der Waals surface area contributed by atoms with Gasteiger partial charge in [-0.3, -0.25) is 10.8 Å². The molecule has 4 heteroatoms. The minimum Gasteiger partial charge on any atom is -0.325 e. The maximum atomic E-state index is 7.92. The lowest BCUT2D eigenvalue weighted by molar-refractivity contribution is 1.29. The summed E-state index contributed by atoms with van der Waals surface area (Å²) in [6.07, 6.45) is 0. The Labute approximate surface area is 109 Å². The fraction of sp³-hybridized carbons (Fsp3) is 0. The van der Waals surface area contributed by atoms with Gasteiger partial charge < -0.3 is 5.32 Å². The molecule has 0 atom stereocenters. The maximum absolute atomic E-state index is 7.92. The predicted octanol–water partition coefficient (Wildman–Crippen LogP) is 3.26. The quantitative estimate of drug-likeness (QED) is 0.720. The highest BCUT2D eigenvalue weighted by Crippen LogP contribution is 2.29. The average Bonchev–Trinajstić information content (AvgIpc) is 2.66. The molecule has 0 spiro atoms. The summed E-state index contributed by atoms with van der Waals surface area (Å²) in [4.78, 5) is 0. The SMILES string of the molecule is N=C1NC(=N)c2c1cccc2-c1ccc(Cl)cc1. The topological polar surface area (TPSA) is 59.7 Å². The third kappa shape index (κ3) is 1.60. The lowest BCUT2D eigenvalue weighted by Gasteiger charge is -2.07. The van der Waals surface area contributed by atoms with Gasteiger partial charge in [0.25, 0.3) is 0 Å². The van der Waals surface area contributed by atoms with Crippen molar-refractivity contribution in [1.82, 2.24) is 5.32 Å². The van der Waals surface area contributed by atoms with Gasteiger partial charge in [0.05, 0.1) is 0 Å². The van der Waals surface area contributed by atoms with E-state index in [1.807, 2.05) is 42.5 Å². The summed E-state index contributed by atoms with van der Waals surface area (Å²) in [6, 6.07) is 13.2. The smallest absolute Gasteiger partial charge is 0.132 e. The van der Waals surface area contributed by atoms with Crippen LogP contribution in [0.3, 0.4) is 0 Å². The molecule has 0 amide bonds. The van der Waals surface area contributed by atoms with E-state index >= 15 is 0 Å². The summed E-state index contributed by atoms with van der Waals surface area (Å²) in [5.74, 6) is 0.561. The molecule has 3 N–H and O–H groups in total. The Hall–Kier alpha value is -2.13. The summed E-state index contributed by atoms with van der Waals surface area (Å²) in [6.45, 7) is 0. The Bertz CT molecular complexity index is 659. The van der Waals surface area contributed by atoms with Crippen molar-refractivity contribution in [2.45, 2.75) is 0 Å². The number of hydrogen-bond acceptors (Lipinski definition) is 2.